The number of carboxylic acids is 2. The molecule has 0 bridgehead atoms. The van der Waals surface area contributed by atoms with Crippen molar-refractivity contribution in [2.45, 2.75) is 37.5 Å². The first-order valence-electron chi connectivity index (χ1n) is 18.7. The zero-order chi connectivity index (χ0) is 46.3. The Morgan fingerprint density at radius 1 is 0.406 bits per heavy atom. The molecule has 6 aromatic carbocycles. The Kier molecular flexibility index (Phi) is 13.6. The molecule has 18 nitrogen and oxygen atoms in total. The van der Waals surface area contributed by atoms with Gasteiger partial charge in [0, 0.05) is 0 Å². The van der Waals surface area contributed by atoms with E-state index >= 15 is 0 Å². The van der Waals surface area contributed by atoms with E-state index in [0.717, 1.165) is 12.1 Å². The van der Waals surface area contributed by atoms with Crippen molar-refractivity contribution >= 4 is 89.8 Å². The number of azo groups is 4. The molecule has 0 aromatic heterocycles. The summed E-state index contributed by atoms with van der Waals surface area (Å²) < 4.78 is 70.2. The fraction of sp³-hybridized carbons (Fsp3) is 0.0909. The lowest BCUT2D eigenvalue weighted by Crippen LogP contribution is -2.01. The van der Waals surface area contributed by atoms with E-state index in [1.165, 1.54) is 84.9 Å². The zero-order valence-corrected chi connectivity index (χ0v) is 35.8. The van der Waals surface area contributed by atoms with Crippen LogP contribution >= 0.6 is 0 Å². The average Bonchev–Trinajstić information content (AvgIpc) is 3.24. The maximum absolute atomic E-state index is 12.5. The number of rotatable bonds is 14. The topological polar surface area (TPSA) is 282 Å². The smallest absolute Gasteiger partial charge is 0.335 e. The number of carbonyl (C=O) groups is 2. The minimum atomic E-state index is -4.84. The molecule has 0 aliphatic carbocycles. The standard InChI is InChI=1S/C44H36N8O10S2/c1-25-21-39(27(3)19-37(25)49-45-33-13-9-31(10-14-33)43(53)54)51-47-35-17-7-29(41(23-35)63(57,58)59)5-6-30-8-18-36(24-42(30)64(60,61)62)48-52-40-22-26(2)38(20-28(40)4)50-46-34-15-11-32(12-16-34)44(55)56/h5-24H,1-4H3,(H,53,54)(H,55,56)(H,57,58,59)(H,60,61,62). The van der Waals surface area contributed by atoms with Crippen molar-refractivity contribution in [1.82, 2.24) is 0 Å². The van der Waals surface area contributed by atoms with Crippen molar-refractivity contribution in [3.8, 4) is 0 Å². The van der Waals surface area contributed by atoms with Gasteiger partial charge in [0.05, 0.1) is 56.6 Å². The zero-order valence-electron chi connectivity index (χ0n) is 34.2. The number of benzene rings is 6. The third-order valence-electron chi connectivity index (χ3n) is 9.34. The van der Waals surface area contributed by atoms with E-state index in [2.05, 4.69) is 40.9 Å². The van der Waals surface area contributed by atoms with Crippen LogP contribution in [0.2, 0.25) is 0 Å². The van der Waals surface area contributed by atoms with E-state index in [0.29, 0.717) is 56.4 Å². The number of aryl methyl sites for hydroxylation is 4. The van der Waals surface area contributed by atoms with E-state index in [9.17, 15) is 35.5 Å². The van der Waals surface area contributed by atoms with Crippen LogP contribution in [0, 0.1) is 27.7 Å². The predicted molar refractivity (Wildman–Crippen MR) is 237 cm³/mol. The second kappa shape index (κ2) is 19.1. The van der Waals surface area contributed by atoms with E-state index in [1.807, 2.05) is 0 Å². The van der Waals surface area contributed by atoms with Gasteiger partial charge in [0.25, 0.3) is 20.2 Å². The minimum Gasteiger partial charge on any atom is -0.478 e. The maximum Gasteiger partial charge on any atom is 0.335 e. The quantitative estimate of drug-likeness (QED) is 0.0455. The normalized spacial score (nSPS) is 12.4. The Bertz CT molecular complexity index is 2990. The van der Waals surface area contributed by atoms with Gasteiger partial charge in [0.2, 0.25) is 0 Å². The summed E-state index contributed by atoms with van der Waals surface area (Å²) >= 11 is 0. The summed E-state index contributed by atoms with van der Waals surface area (Å²) in [5.74, 6) is -2.11. The molecule has 4 N–H and O–H groups in total. The molecule has 0 fully saturated rings. The molecule has 6 rings (SSSR count). The molecule has 0 amide bonds. The first-order chi connectivity index (χ1) is 30.2. The highest BCUT2D eigenvalue weighted by atomic mass is 32.2. The van der Waals surface area contributed by atoms with Crippen LogP contribution in [0.5, 0.6) is 0 Å². The van der Waals surface area contributed by atoms with Crippen molar-refractivity contribution in [2.24, 2.45) is 40.9 Å². The number of hydrogen-bond acceptors (Lipinski definition) is 14. The van der Waals surface area contributed by atoms with Crippen molar-refractivity contribution in [1.29, 1.82) is 0 Å². The highest BCUT2D eigenvalue weighted by Gasteiger charge is 2.18. The van der Waals surface area contributed by atoms with Crippen molar-refractivity contribution < 1.29 is 45.7 Å². The summed E-state index contributed by atoms with van der Waals surface area (Å²) in [4.78, 5) is 21.1. The summed E-state index contributed by atoms with van der Waals surface area (Å²) in [5, 5.41) is 51.9. The van der Waals surface area contributed by atoms with Gasteiger partial charge in [-0.2, -0.15) is 57.7 Å². The van der Waals surface area contributed by atoms with Crippen LogP contribution in [0.4, 0.5) is 45.5 Å². The van der Waals surface area contributed by atoms with Crippen LogP contribution < -0.4 is 0 Å². The highest BCUT2D eigenvalue weighted by molar-refractivity contribution is 7.86. The second-order valence-corrected chi connectivity index (χ2v) is 16.9. The Morgan fingerprint density at radius 2 is 0.672 bits per heavy atom. The second-order valence-electron chi connectivity index (χ2n) is 14.1. The molecule has 64 heavy (non-hydrogen) atoms. The molecule has 20 heteroatoms. The van der Waals surface area contributed by atoms with Gasteiger partial charge in [-0.3, -0.25) is 9.11 Å². The number of hydrogen-bond donors (Lipinski definition) is 4. The number of carboxylic acid groups (broad SMARTS) is 2. The largest absolute Gasteiger partial charge is 0.478 e. The summed E-state index contributed by atoms with van der Waals surface area (Å²) in [6.45, 7) is 7.07. The van der Waals surface area contributed by atoms with Gasteiger partial charge >= 0.3 is 11.9 Å². The first kappa shape index (κ1) is 45.7. The molecular formula is C44H36N8O10S2. The molecule has 324 valence electrons. The van der Waals surface area contributed by atoms with Gasteiger partial charge in [-0.15, -0.1) is 0 Å². The summed E-state index contributed by atoms with van der Waals surface area (Å²) in [6.07, 6.45) is 2.49. The molecule has 0 unspecified atom stereocenters. The van der Waals surface area contributed by atoms with Crippen LogP contribution in [0.15, 0.2) is 160 Å². The highest BCUT2D eigenvalue weighted by Crippen LogP contribution is 2.34. The van der Waals surface area contributed by atoms with Gasteiger partial charge < -0.3 is 10.2 Å². The maximum atomic E-state index is 12.5. The van der Waals surface area contributed by atoms with Crippen molar-refractivity contribution in [3.63, 3.8) is 0 Å². The molecule has 6 aromatic rings. The monoisotopic (exact) mass is 900 g/mol. The van der Waals surface area contributed by atoms with Crippen molar-refractivity contribution in [2.75, 3.05) is 0 Å². The molecule has 0 saturated heterocycles. The fourth-order valence-electron chi connectivity index (χ4n) is 5.86. The van der Waals surface area contributed by atoms with Crippen LogP contribution in [0.1, 0.15) is 54.1 Å². The van der Waals surface area contributed by atoms with E-state index < -0.39 is 42.0 Å². The summed E-state index contributed by atoms with van der Waals surface area (Å²) in [6, 6.07) is 26.4. The van der Waals surface area contributed by atoms with Crippen LogP contribution in [0.3, 0.4) is 0 Å². The number of nitrogens with zero attached hydrogens (tertiary/aromatic N) is 8. The Hall–Kier alpha value is -7.78. The van der Waals surface area contributed by atoms with Gasteiger partial charge in [0.1, 0.15) is 9.79 Å². The molecule has 0 saturated carbocycles. The lowest BCUT2D eigenvalue weighted by atomic mass is 10.1. The lowest BCUT2D eigenvalue weighted by molar-refractivity contribution is 0.0686. The van der Waals surface area contributed by atoms with Crippen LogP contribution in [-0.2, 0) is 20.2 Å². The number of aromatic carboxylic acids is 2. The van der Waals surface area contributed by atoms with E-state index in [1.54, 1.807) is 52.0 Å². The average molecular weight is 901 g/mol. The van der Waals surface area contributed by atoms with Crippen LogP contribution in [0.25, 0.3) is 12.2 Å². The molecule has 0 aliphatic heterocycles. The Labute approximate surface area is 366 Å². The Morgan fingerprint density at radius 3 is 0.938 bits per heavy atom. The molecule has 0 aliphatic rings. The third kappa shape index (κ3) is 11.6. The minimum absolute atomic E-state index is 0.0317. The van der Waals surface area contributed by atoms with Gasteiger partial charge in [-0.1, -0.05) is 24.3 Å². The molecule has 0 atom stereocenters. The molecule has 0 spiro atoms. The predicted octanol–water partition coefficient (Wildman–Crippen LogP) is 12.6. The molecule has 0 heterocycles. The van der Waals surface area contributed by atoms with Gasteiger partial charge in [-0.25, -0.2) is 9.59 Å². The SMILES string of the molecule is Cc1cc(N=Nc2ccc(C=Cc3ccc(N=Nc4cc(C)c(N=Nc5ccc(C(=O)O)cc5)cc4C)cc3S(=O)(=O)O)c(S(=O)(=O)O)c2)c(C)cc1N=Nc1ccc(C(=O)O)cc1. The third-order valence-corrected chi connectivity index (χ3v) is 11.2. The van der Waals surface area contributed by atoms with Gasteiger partial charge in [0.15, 0.2) is 0 Å². The lowest BCUT2D eigenvalue weighted by Gasteiger charge is -2.07. The molecular weight excluding hydrogens is 865 g/mol. The summed E-state index contributed by atoms with van der Waals surface area (Å²) in [5.41, 5.74) is 5.83. The first-order valence-corrected chi connectivity index (χ1v) is 21.6. The van der Waals surface area contributed by atoms with Crippen molar-refractivity contribution in [3.05, 3.63) is 154 Å². The Balaban J connectivity index is 1.20. The van der Waals surface area contributed by atoms with E-state index in [-0.39, 0.29) is 33.6 Å². The van der Waals surface area contributed by atoms with Crippen LogP contribution in [-0.4, -0.2) is 48.1 Å². The summed E-state index contributed by atoms with van der Waals surface area (Å²) in [7, 11) is -9.67. The fourth-order valence-corrected chi connectivity index (χ4v) is 7.27. The molecule has 0 radical (unpaired) electrons. The van der Waals surface area contributed by atoms with Gasteiger partial charge in [-0.05, 0) is 158 Å². The van der Waals surface area contributed by atoms with E-state index in [4.69, 9.17) is 10.2 Å².